The fourth-order valence-corrected chi connectivity index (χ4v) is 7.64. The molecular weight excluding hydrogens is 759 g/mol. The van der Waals surface area contributed by atoms with Gasteiger partial charge in [0.05, 0.1) is 19.3 Å². The van der Waals surface area contributed by atoms with E-state index in [1.807, 2.05) is 92.0 Å². The van der Waals surface area contributed by atoms with Crippen molar-refractivity contribution in [3.8, 4) is 11.5 Å². The molecule has 5 rings (SSSR count). The normalized spacial score (nSPS) is 17.5. The van der Waals surface area contributed by atoms with E-state index in [1.54, 1.807) is 6.20 Å². The van der Waals surface area contributed by atoms with E-state index in [4.69, 9.17) is 28.5 Å². The molecule has 1 fully saturated rings. The highest BCUT2D eigenvalue weighted by Gasteiger charge is 2.41. The SMILES string of the molecule is CCOC(=O)CC/C=C\C[C@@H]1CO[C@H](c2ccc(COc3ccc(/C(=C\CCCCC(=O)O)c4cccnc4)cc3)cc2)O[C@@H]1c1ccccc1O[Si](C)(C)C(C)(C)C. The third-order valence-electron chi connectivity index (χ3n) is 11.0. The first kappa shape index (κ1) is 45.1. The number of carbonyl (C=O) groups is 2. The largest absolute Gasteiger partial charge is 0.543 e. The lowest BCUT2D eigenvalue weighted by Crippen LogP contribution is -2.44. The molecule has 0 amide bonds. The van der Waals surface area contributed by atoms with Crippen LogP contribution in [0.4, 0.5) is 0 Å². The van der Waals surface area contributed by atoms with Gasteiger partial charge in [0.15, 0.2) is 6.29 Å². The number of unbranched alkanes of at least 4 members (excludes halogenated alkanes) is 2. The first-order valence-corrected chi connectivity index (χ1v) is 23.8. The Morgan fingerprint density at radius 1 is 0.898 bits per heavy atom. The third kappa shape index (κ3) is 13.5. The molecule has 3 aromatic carbocycles. The molecule has 0 spiro atoms. The first-order chi connectivity index (χ1) is 28.3. The predicted molar refractivity (Wildman–Crippen MR) is 235 cm³/mol. The number of carboxylic acids is 1. The number of carbonyl (C=O) groups excluding carboxylic acids is 1. The van der Waals surface area contributed by atoms with Crippen molar-refractivity contribution in [1.82, 2.24) is 4.98 Å². The topological polar surface area (TPSA) is 113 Å². The van der Waals surface area contributed by atoms with E-state index in [1.165, 1.54) is 0 Å². The van der Waals surface area contributed by atoms with Gasteiger partial charge in [-0.25, -0.2) is 0 Å². The zero-order chi connectivity index (χ0) is 42.3. The van der Waals surface area contributed by atoms with Gasteiger partial charge in [-0.05, 0) is 98.1 Å². The number of carboxylic acid groups (broad SMARTS) is 1. The van der Waals surface area contributed by atoms with Crippen molar-refractivity contribution in [1.29, 1.82) is 0 Å². The Kier molecular flexibility index (Phi) is 16.7. The number of hydrogen-bond acceptors (Lipinski definition) is 8. The van der Waals surface area contributed by atoms with Gasteiger partial charge in [0.25, 0.3) is 0 Å². The number of nitrogens with zero attached hydrogens (tertiary/aromatic N) is 1. The van der Waals surface area contributed by atoms with Crippen LogP contribution in [0.25, 0.3) is 5.57 Å². The highest BCUT2D eigenvalue weighted by atomic mass is 28.4. The maximum absolute atomic E-state index is 11.9. The Morgan fingerprint density at radius 3 is 2.36 bits per heavy atom. The Labute approximate surface area is 351 Å². The summed E-state index contributed by atoms with van der Waals surface area (Å²) in [6, 6.07) is 28.4. The molecule has 0 unspecified atom stereocenters. The molecule has 0 aliphatic carbocycles. The lowest BCUT2D eigenvalue weighted by molar-refractivity contribution is -0.244. The number of aliphatic carboxylic acids is 1. The van der Waals surface area contributed by atoms with Crippen LogP contribution < -0.4 is 9.16 Å². The van der Waals surface area contributed by atoms with Crippen molar-refractivity contribution in [2.75, 3.05) is 13.2 Å². The Morgan fingerprint density at radius 2 is 1.66 bits per heavy atom. The Hall–Kier alpha value is -5.03. The van der Waals surface area contributed by atoms with E-state index in [9.17, 15) is 9.59 Å². The predicted octanol–water partition coefficient (Wildman–Crippen LogP) is 11.8. The highest BCUT2D eigenvalue weighted by molar-refractivity contribution is 6.74. The molecule has 9 nitrogen and oxygen atoms in total. The Bertz CT molecular complexity index is 1990. The lowest BCUT2D eigenvalue weighted by atomic mass is 9.91. The quantitative estimate of drug-likeness (QED) is 0.0403. The average molecular weight is 820 g/mol. The fraction of sp³-hybridized carbons (Fsp3) is 0.408. The second-order valence-corrected chi connectivity index (χ2v) is 21.2. The van der Waals surface area contributed by atoms with Crippen LogP contribution in [0.2, 0.25) is 18.1 Å². The molecular formula is C49H61NO8Si. The van der Waals surface area contributed by atoms with Crippen molar-refractivity contribution < 1.29 is 38.1 Å². The van der Waals surface area contributed by atoms with E-state index in [0.717, 1.165) is 64.2 Å². The minimum Gasteiger partial charge on any atom is -0.543 e. The zero-order valence-electron chi connectivity index (χ0n) is 35.5. The molecule has 0 radical (unpaired) electrons. The summed E-state index contributed by atoms with van der Waals surface area (Å²) in [6.45, 7) is 14.3. The number of hydrogen-bond donors (Lipinski definition) is 1. The summed E-state index contributed by atoms with van der Waals surface area (Å²) in [6.07, 6.45) is 13.2. The molecule has 0 bridgehead atoms. The molecule has 10 heteroatoms. The molecule has 1 aliphatic rings. The van der Waals surface area contributed by atoms with Gasteiger partial charge in [0, 0.05) is 47.8 Å². The highest BCUT2D eigenvalue weighted by Crippen LogP contribution is 2.45. The van der Waals surface area contributed by atoms with Crippen LogP contribution in [0.15, 0.2) is 116 Å². The van der Waals surface area contributed by atoms with Gasteiger partial charge in [0.2, 0.25) is 8.32 Å². The number of rotatable bonds is 20. The van der Waals surface area contributed by atoms with Crippen LogP contribution in [0.3, 0.4) is 0 Å². The third-order valence-corrected chi connectivity index (χ3v) is 15.3. The van der Waals surface area contributed by atoms with Crippen LogP contribution in [-0.4, -0.2) is 43.6 Å². The summed E-state index contributed by atoms with van der Waals surface area (Å²) < 4.78 is 31.4. The summed E-state index contributed by atoms with van der Waals surface area (Å²) in [7, 11) is -2.15. The van der Waals surface area contributed by atoms with E-state index >= 15 is 0 Å². The summed E-state index contributed by atoms with van der Waals surface area (Å²) in [5.41, 5.74) is 6.07. The summed E-state index contributed by atoms with van der Waals surface area (Å²) in [5.74, 6) is 0.701. The van der Waals surface area contributed by atoms with Gasteiger partial charge >= 0.3 is 11.9 Å². The minimum absolute atomic E-state index is 0.0305. The number of allylic oxidation sites excluding steroid dienone is 3. The van der Waals surface area contributed by atoms with Gasteiger partial charge in [-0.1, -0.05) is 99.7 Å². The van der Waals surface area contributed by atoms with E-state index in [0.29, 0.717) is 39.1 Å². The van der Waals surface area contributed by atoms with E-state index < -0.39 is 20.6 Å². The molecule has 1 aliphatic heterocycles. The van der Waals surface area contributed by atoms with E-state index in [-0.39, 0.29) is 29.5 Å². The maximum atomic E-state index is 11.9. The smallest absolute Gasteiger partial charge is 0.306 e. The molecule has 1 aromatic heterocycles. The second-order valence-electron chi connectivity index (χ2n) is 16.5. The molecule has 2 heterocycles. The van der Waals surface area contributed by atoms with Crippen LogP contribution in [-0.2, 0) is 30.4 Å². The summed E-state index contributed by atoms with van der Waals surface area (Å²) in [4.78, 5) is 27.1. The number of benzene rings is 3. The van der Waals surface area contributed by atoms with Gasteiger partial charge < -0.3 is 28.5 Å². The molecule has 4 aromatic rings. The molecule has 314 valence electrons. The summed E-state index contributed by atoms with van der Waals surface area (Å²) in [5, 5.41) is 9.02. The molecule has 59 heavy (non-hydrogen) atoms. The zero-order valence-corrected chi connectivity index (χ0v) is 36.5. The van der Waals surface area contributed by atoms with Gasteiger partial charge in [-0.15, -0.1) is 0 Å². The van der Waals surface area contributed by atoms with Gasteiger partial charge in [-0.2, -0.15) is 0 Å². The molecule has 1 N–H and O–H groups in total. The average Bonchev–Trinajstić information content (AvgIpc) is 3.22. The van der Waals surface area contributed by atoms with Crippen molar-refractivity contribution >= 4 is 25.8 Å². The number of ether oxygens (including phenoxy) is 4. The standard InChI is InChI=1S/C49H61NO8Si/c1-7-54-46(53)23-13-8-10-17-40-35-56-48(57-47(40)43-20-14-15-21-44(43)58-59(5,6)49(2,3)4)38-26-24-36(25-27-38)34-55-41-30-28-37(29-31-41)42(39-18-16-32-50-33-39)19-11-9-12-22-45(51)52/h8,10,14-16,18-21,24-33,40,47-48H,7,9,11-13,17,22-23,34-35H2,1-6H3,(H,51,52)/b10-8-,42-19+/t40-,47+,48+/m1/s1. The van der Waals surface area contributed by atoms with Gasteiger partial charge in [-0.3, -0.25) is 14.6 Å². The van der Waals surface area contributed by atoms with Crippen molar-refractivity contribution in [3.63, 3.8) is 0 Å². The van der Waals surface area contributed by atoms with Crippen molar-refractivity contribution in [2.45, 2.75) is 110 Å². The van der Waals surface area contributed by atoms with Crippen molar-refractivity contribution in [2.24, 2.45) is 5.92 Å². The first-order valence-electron chi connectivity index (χ1n) is 20.8. The van der Waals surface area contributed by atoms with Crippen LogP contribution in [0, 0.1) is 5.92 Å². The summed E-state index contributed by atoms with van der Waals surface area (Å²) >= 11 is 0. The molecule has 0 saturated carbocycles. The van der Waals surface area contributed by atoms with Crippen LogP contribution >= 0.6 is 0 Å². The fourth-order valence-electron chi connectivity index (χ4n) is 6.60. The lowest BCUT2D eigenvalue weighted by Gasteiger charge is -2.40. The number of esters is 1. The number of aromatic nitrogens is 1. The minimum atomic E-state index is -2.15. The monoisotopic (exact) mass is 819 g/mol. The molecule has 1 saturated heterocycles. The van der Waals surface area contributed by atoms with Crippen LogP contribution in [0.5, 0.6) is 11.5 Å². The Balaban J connectivity index is 1.25. The van der Waals surface area contributed by atoms with Crippen LogP contribution in [0.1, 0.15) is 113 Å². The van der Waals surface area contributed by atoms with Gasteiger partial charge in [0.1, 0.15) is 18.1 Å². The maximum Gasteiger partial charge on any atom is 0.306 e. The second kappa shape index (κ2) is 21.8. The van der Waals surface area contributed by atoms with Crippen molar-refractivity contribution in [3.05, 3.63) is 143 Å². The number of pyridine rings is 1. The van der Waals surface area contributed by atoms with E-state index in [2.05, 4.69) is 63.1 Å². The number of para-hydroxylation sites is 1. The molecule has 3 atom stereocenters.